The van der Waals surface area contributed by atoms with E-state index in [9.17, 15) is 4.79 Å². The fourth-order valence-corrected chi connectivity index (χ4v) is 3.69. The van der Waals surface area contributed by atoms with Crippen molar-refractivity contribution in [1.82, 2.24) is 4.98 Å². The summed E-state index contributed by atoms with van der Waals surface area (Å²) in [6.07, 6.45) is 3.53. The minimum atomic E-state index is -0.490. The molecule has 2 aromatic carbocycles. The Morgan fingerprint density at radius 3 is 2.52 bits per heavy atom. The Morgan fingerprint density at radius 2 is 1.81 bits per heavy atom. The molecule has 160 valence electrons. The second kappa shape index (κ2) is 8.07. The molecule has 1 saturated heterocycles. The van der Waals surface area contributed by atoms with Gasteiger partial charge in [0.1, 0.15) is 0 Å². The van der Waals surface area contributed by atoms with Gasteiger partial charge in [0.25, 0.3) is 0 Å². The van der Waals surface area contributed by atoms with Crippen LogP contribution in [0, 0.1) is 0 Å². The molecule has 4 rings (SSSR count). The fraction of sp³-hybridized carbons (Fsp3) is 0.333. The number of carbonyl (C=O) groups is 1. The fourth-order valence-electron chi connectivity index (χ4n) is 3.69. The van der Waals surface area contributed by atoms with Crippen molar-refractivity contribution in [3.05, 3.63) is 66.5 Å². The van der Waals surface area contributed by atoms with Gasteiger partial charge >= 0.3 is 7.12 Å². The Kier molecular flexibility index (Phi) is 5.60. The molecule has 1 fully saturated rings. The number of nitrogens with one attached hydrogen (secondary N) is 1. The summed E-state index contributed by atoms with van der Waals surface area (Å²) in [7, 11) is -0.486. The number of nitrogens with zero attached hydrogens (tertiary/aromatic N) is 1. The van der Waals surface area contributed by atoms with Gasteiger partial charge in [-0.2, -0.15) is 0 Å². The highest BCUT2D eigenvalue weighted by molar-refractivity contribution is 6.62. The summed E-state index contributed by atoms with van der Waals surface area (Å²) in [6.45, 7) is 8.27. The molecule has 1 unspecified atom stereocenters. The maximum Gasteiger partial charge on any atom is 0.494 e. The number of rotatable bonds is 5. The van der Waals surface area contributed by atoms with E-state index in [2.05, 4.69) is 10.3 Å². The lowest BCUT2D eigenvalue weighted by Crippen LogP contribution is -2.41. The zero-order valence-corrected chi connectivity index (χ0v) is 18.4. The van der Waals surface area contributed by atoms with Gasteiger partial charge in [0.05, 0.1) is 17.1 Å². The lowest BCUT2D eigenvalue weighted by Gasteiger charge is -2.32. The first-order valence-corrected chi connectivity index (χ1v) is 10.5. The molecule has 3 N–H and O–H groups in total. The average molecular weight is 417 g/mol. The van der Waals surface area contributed by atoms with Crippen LogP contribution in [-0.4, -0.2) is 35.8 Å². The van der Waals surface area contributed by atoms with Gasteiger partial charge in [-0.3, -0.25) is 9.78 Å². The van der Waals surface area contributed by atoms with Gasteiger partial charge < -0.3 is 20.4 Å². The van der Waals surface area contributed by atoms with Crippen molar-refractivity contribution in [2.24, 2.45) is 5.73 Å². The predicted molar refractivity (Wildman–Crippen MR) is 124 cm³/mol. The molecule has 1 atom stereocenters. The van der Waals surface area contributed by atoms with Gasteiger partial charge in [0, 0.05) is 30.0 Å². The lowest BCUT2D eigenvalue weighted by atomic mass is 9.77. The van der Waals surface area contributed by atoms with Crippen LogP contribution >= 0.6 is 0 Å². The van der Waals surface area contributed by atoms with E-state index in [0.717, 1.165) is 27.5 Å². The highest BCUT2D eigenvalue weighted by Crippen LogP contribution is 2.36. The normalized spacial score (nSPS) is 18.2. The van der Waals surface area contributed by atoms with Crippen molar-refractivity contribution < 1.29 is 14.1 Å². The number of anilines is 1. The zero-order chi connectivity index (χ0) is 22.2. The lowest BCUT2D eigenvalue weighted by molar-refractivity contribution is -0.117. The highest BCUT2D eigenvalue weighted by atomic mass is 16.7. The molecule has 3 aromatic rings. The number of carbonyl (C=O) groups excluding carboxylic acids is 1. The third kappa shape index (κ3) is 4.21. The Bertz CT molecular complexity index is 1100. The van der Waals surface area contributed by atoms with Gasteiger partial charge in [0.15, 0.2) is 0 Å². The summed E-state index contributed by atoms with van der Waals surface area (Å²) < 4.78 is 12.3. The minimum absolute atomic E-state index is 0.151. The SMILES string of the molecule is CC1(C)OB(c2cccc(C(CN)C(=O)Nc3ccc4cnccc4c3)c2)OC1(C)C. The summed E-state index contributed by atoms with van der Waals surface area (Å²) >= 11 is 0. The molecule has 0 saturated carbocycles. The largest absolute Gasteiger partial charge is 0.494 e. The predicted octanol–water partition coefficient (Wildman–Crippen LogP) is 3.22. The van der Waals surface area contributed by atoms with Crippen LogP contribution in [0.1, 0.15) is 39.2 Å². The second-order valence-electron chi connectivity index (χ2n) is 8.97. The van der Waals surface area contributed by atoms with E-state index in [-0.39, 0.29) is 12.5 Å². The third-order valence-corrected chi connectivity index (χ3v) is 6.30. The Balaban J connectivity index is 1.54. The monoisotopic (exact) mass is 417 g/mol. The molecule has 1 aromatic heterocycles. The molecular formula is C24H28BN3O3. The molecule has 0 aliphatic carbocycles. The first-order chi connectivity index (χ1) is 14.7. The number of pyridine rings is 1. The van der Waals surface area contributed by atoms with Crippen LogP contribution in [0.5, 0.6) is 0 Å². The van der Waals surface area contributed by atoms with Crippen LogP contribution in [0.15, 0.2) is 60.9 Å². The van der Waals surface area contributed by atoms with E-state index in [0.29, 0.717) is 0 Å². The third-order valence-electron chi connectivity index (χ3n) is 6.30. The molecule has 0 spiro atoms. The van der Waals surface area contributed by atoms with Gasteiger partial charge in [0.2, 0.25) is 5.91 Å². The van der Waals surface area contributed by atoms with Crippen LogP contribution in [0.3, 0.4) is 0 Å². The van der Waals surface area contributed by atoms with E-state index in [1.54, 1.807) is 12.4 Å². The van der Waals surface area contributed by atoms with Gasteiger partial charge in [-0.25, -0.2) is 0 Å². The van der Waals surface area contributed by atoms with Gasteiger partial charge in [-0.15, -0.1) is 0 Å². The number of amides is 1. The smallest absolute Gasteiger partial charge is 0.399 e. The van der Waals surface area contributed by atoms with Gasteiger partial charge in [-0.05, 0) is 62.3 Å². The van der Waals surface area contributed by atoms with Crippen LogP contribution in [-0.2, 0) is 14.1 Å². The number of nitrogens with two attached hydrogens (primary N) is 1. The van der Waals surface area contributed by atoms with E-state index in [1.807, 2.05) is 76.2 Å². The van der Waals surface area contributed by atoms with E-state index in [1.165, 1.54) is 0 Å². The van der Waals surface area contributed by atoms with E-state index >= 15 is 0 Å². The molecule has 31 heavy (non-hydrogen) atoms. The first-order valence-electron chi connectivity index (χ1n) is 10.5. The van der Waals surface area contributed by atoms with Crippen LogP contribution < -0.4 is 16.5 Å². The number of hydrogen-bond donors (Lipinski definition) is 2. The number of fused-ring (bicyclic) bond motifs is 1. The van der Waals surface area contributed by atoms with Gasteiger partial charge in [-0.1, -0.05) is 30.3 Å². The van der Waals surface area contributed by atoms with Crippen LogP contribution in [0.25, 0.3) is 10.8 Å². The minimum Gasteiger partial charge on any atom is -0.399 e. The maximum atomic E-state index is 13.1. The van der Waals surface area contributed by atoms with Crippen LogP contribution in [0.4, 0.5) is 5.69 Å². The average Bonchev–Trinajstić information content (AvgIpc) is 2.96. The zero-order valence-electron chi connectivity index (χ0n) is 18.4. The van der Waals surface area contributed by atoms with Crippen molar-refractivity contribution in [2.45, 2.75) is 44.8 Å². The van der Waals surface area contributed by atoms with Crippen molar-refractivity contribution >= 4 is 34.9 Å². The molecule has 6 nitrogen and oxygen atoms in total. The molecular weight excluding hydrogens is 389 g/mol. The Labute approximate surface area is 183 Å². The van der Waals surface area contributed by atoms with Crippen LogP contribution in [0.2, 0.25) is 0 Å². The summed E-state index contributed by atoms with van der Waals surface area (Å²) in [6, 6.07) is 15.4. The first kappa shape index (κ1) is 21.5. The van der Waals surface area contributed by atoms with Crippen molar-refractivity contribution in [3.8, 4) is 0 Å². The highest BCUT2D eigenvalue weighted by Gasteiger charge is 2.51. The molecule has 1 aliphatic heterocycles. The van der Waals surface area contributed by atoms with Crippen molar-refractivity contribution in [3.63, 3.8) is 0 Å². The number of benzene rings is 2. The summed E-state index contributed by atoms with van der Waals surface area (Å²) in [5.41, 5.74) is 7.59. The Morgan fingerprint density at radius 1 is 1.06 bits per heavy atom. The van der Waals surface area contributed by atoms with Crippen molar-refractivity contribution in [2.75, 3.05) is 11.9 Å². The summed E-state index contributed by atoms with van der Waals surface area (Å²) in [4.78, 5) is 17.2. The number of aromatic nitrogens is 1. The van der Waals surface area contributed by atoms with E-state index < -0.39 is 24.2 Å². The topological polar surface area (TPSA) is 86.5 Å². The summed E-state index contributed by atoms with van der Waals surface area (Å²) in [5, 5.41) is 5.03. The number of hydrogen-bond acceptors (Lipinski definition) is 5. The Hall–Kier alpha value is -2.74. The summed E-state index contributed by atoms with van der Waals surface area (Å²) in [5.74, 6) is -0.641. The second-order valence-corrected chi connectivity index (χ2v) is 8.97. The standard InChI is InChI=1S/C24H28BN3O3/c1-23(2)24(3,4)31-25(30-23)19-7-5-6-17(12-19)21(14-26)22(29)28-20-9-8-18-15-27-11-10-16(18)13-20/h5-13,15,21H,14,26H2,1-4H3,(H,28,29). The van der Waals surface area contributed by atoms with E-state index in [4.69, 9.17) is 15.0 Å². The molecule has 1 aliphatic rings. The molecule has 0 bridgehead atoms. The molecule has 0 radical (unpaired) electrons. The molecule has 7 heteroatoms. The molecule has 2 heterocycles. The quantitative estimate of drug-likeness (QED) is 0.623. The van der Waals surface area contributed by atoms with Crippen molar-refractivity contribution in [1.29, 1.82) is 0 Å². The molecule has 1 amide bonds. The maximum absolute atomic E-state index is 13.1.